The van der Waals surface area contributed by atoms with E-state index in [0.29, 0.717) is 5.02 Å². The Morgan fingerprint density at radius 3 is 2.80 bits per heavy atom. The molecule has 2 N–H and O–H groups in total. The second-order valence-corrected chi connectivity index (χ2v) is 5.08. The number of nitrogens with zero attached hydrogens (tertiary/aromatic N) is 1. The number of anilines is 1. The van der Waals surface area contributed by atoms with Gasteiger partial charge in [-0.05, 0) is 45.1 Å². The topological polar surface area (TPSA) is 46.2 Å². The van der Waals surface area contributed by atoms with Gasteiger partial charge < -0.3 is 15.4 Å². The molecule has 0 unspecified atom stereocenters. The SMILES string of the molecule is CNCCCNc1cc(C)nc2c(OC)ccc(Cl)c12. The Bertz CT molecular complexity index is 601. The Labute approximate surface area is 124 Å². The summed E-state index contributed by atoms with van der Waals surface area (Å²) in [6.07, 6.45) is 1.04. The molecular weight excluding hydrogens is 274 g/mol. The predicted octanol–water partition coefficient (Wildman–Crippen LogP) is 3.23. The second kappa shape index (κ2) is 6.77. The monoisotopic (exact) mass is 293 g/mol. The summed E-state index contributed by atoms with van der Waals surface area (Å²) in [4.78, 5) is 4.55. The van der Waals surface area contributed by atoms with Crippen LogP contribution in [0.3, 0.4) is 0 Å². The molecule has 2 rings (SSSR count). The van der Waals surface area contributed by atoms with E-state index in [1.165, 1.54) is 0 Å². The van der Waals surface area contributed by atoms with Crippen molar-refractivity contribution in [1.29, 1.82) is 0 Å². The quantitative estimate of drug-likeness (QED) is 0.803. The lowest BCUT2D eigenvalue weighted by Crippen LogP contribution is -2.13. The minimum Gasteiger partial charge on any atom is -0.494 e. The maximum absolute atomic E-state index is 6.34. The number of aryl methyl sites for hydroxylation is 1. The van der Waals surface area contributed by atoms with Crippen molar-refractivity contribution in [3.63, 3.8) is 0 Å². The Hall–Kier alpha value is -1.52. The van der Waals surface area contributed by atoms with Gasteiger partial charge in [0.1, 0.15) is 11.3 Å². The molecule has 4 nitrogen and oxygen atoms in total. The lowest BCUT2D eigenvalue weighted by molar-refractivity contribution is 0.419. The van der Waals surface area contributed by atoms with E-state index in [2.05, 4.69) is 15.6 Å². The van der Waals surface area contributed by atoms with Crippen LogP contribution in [0.1, 0.15) is 12.1 Å². The third-order valence-electron chi connectivity index (χ3n) is 3.14. The van der Waals surface area contributed by atoms with Gasteiger partial charge in [-0.1, -0.05) is 11.6 Å². The molecule has 0 saturated heterocycles. The predicted molar refractivity (Wildman–Crippen MR) is 85.1 cm³/mol. The lowest BCUT2D eigenvalue weighted by Gasteiger charge is -2.14. The Balaban J connectivity index is 2.42. The van der Waals surface area contributed by atoms with E-state index in [-0.39, 0.29) is 0 Å². The van der Waals surface area contributed by atoms with E-state index in [0.717, 1.165) is 47.5 Å². The van der Waals surface area contributed by atoms with Crippen molar-refractivity contribution in [3.8, 4) is 5.75 Å². The highest BCUT2D eigenvalue weighted by atomic mass is 35.5. The van der Waals surface area contributed by atoms with Gasteiger partial charge in [0.25, 0.3) is 0 Å². The van der Waals surface area contributed by atoms with Gasteiger partial charge in [0.15, 0.2) is 0 Å². The number of fused-ring (bicyclic) bond motifs is 1. The molecule has 0 aliphatic carbocycles. The first-order chi connectivity index (χ1) is 9.67. The summed E-state index contributed by atoms with van der Waals surface area (Å²) in [6.45, 7) is 3.83. The van der Waals surface area contributed by atoms with Crippen LogP contribution < -0.4 is 15.4 Å². The fourth-order valence-electron chi connectivity index (χ4n) is 2.20. The molecule has 1 heterocycles. The van der Waals surface area contributed by atoms with Crippen LogP contribution in [0.4, 0.5) is 5.69 Å². The molecule has 0 bridgehead atoms. The highest BCUT2D eigenvalue weighted by Gasteiger charge is 2.12. The highest BCUT2D eigenvalue weighted by molar-refractivity contribution is 6.36. The molecule has 1 aromatic heterocycles. The Kier molecular flexibility index (Phi) is 5.04. The van der Waals surface area contributed by atoms with E-state index in [4.69, 9.17) is 16.3 Å². The Morgan fingerprint density at radius 2 is 2.10 bits per heavy atom. The van der Waals surface area contributed by atoms with Crippen molar-refractivity contribution in [2.75, 3.05) is 32.6 Å². The number of aromatic nitrogens is 1. The summed E-state index contributed by atoms with van der Waals surface area (Å²) in [5, 5.41) is 8.17. The number of benzene rings is 1. The molecule has 0 radical (unpaired) electrons. The number of rotatable bonds is 6. The van der Waals surface area contributed by atoms with Gasteiger partial charge in [-0.2, -0.15) is 0 Å². The van der Waals surface area contributed by atoms with Gasteiger partial charge in [0.05, 0.1) is 12.1 Å². The van der Waals surface area contributed by atoms with E-state index in [1.807, 2.05) is 32.2 Å². The molecule has 5 heteroatoms. The number of methoxy groups -OCH3 is 1. The van der Waals surface area contributed by atoms with Gasteiger partial charge in [0.2, 0.25) is 0 Å². The highest BCUT2D eigenvalue weighted by Crippen LogP contribution is 2.35. The van der Waals surface area contributed by atoms with Gasteiger partial charge in [-0.15, -0.1) is 0 Å². The number of nitrogens with one attached hydrogen (secondary N) is 2. The van der Waals surface area contributed by atoms with Gasteiger partial charge in [-0.3, -0.25) is 0 Å². The number of hydrogen-bond acceptors (Lipinski definition) is 4. The van der Waals surface area contributed by atoms with E-state index >= 15 is 0 Å². The van der Waals surface area contributed by atoms with Gasteiger partial charge in [-0.25, -0.2) is 4.98 Å². The zero-order chi connectivity index (χ0) is 14.5. The van der Waals surface area contributed by atoms with Crippen molar-refractivity contribution in [3.05, 3.63) is 28.9 Å². The molecule has 0 spiro atoms. The molecule has 0 amide bonds. The van der Waals surface area contributed by atoms with Crippen molar-refractivity contribution in [1.82, 2.24) is 10.3 Å². The van der Waals surface area contributed by atoms with Crippen LogP contribution in [0.5, 0.6) is 5.75 Å². The first kappa shape index (κ1) is 14.9. The second-order valence-electron chi connectivity index (χ2n) is 4.67. The normalized spacial score (nSPS) is 10.8. The molecule has 20 heavy (non-hydrogen) atoms. The summed E-state index contributed by atoms with van der Waals surface area (Å²) < 4.78 is 5.38. The van der Waals surface area contributed by atoms with E-state index in [9.17, 15) is 0 Å². The Morgan fingerprint density at radius 1 is 1.30 bits per heavy atom. The van der Waals surface area contributed by atoms with Crippen LogP contribution in [0.25, 0.3) is 10.9 Å². The average molecular weight is 294 g/mol. The number of ether oxygens (including phenoxy) is 1. The first-order valence-electron chi connectivity index (χ1n) is 6.69. The fourth-order valence-corrected chi connectivity index (χ4v) is 2.45. The molecule has 1 aromatic carbocycles. The minimum absolute atomic E-state index is 0.685. The van der Waals surface area contributed by atoms with Gasteiger partial charge >= 0.3 is 0 Å². The smallest absolute Gasteiger partial charge is 0.145 e. The molecule has 0 aliphatic rings. The fraction of sp³-hybridized carbons (Fsp3) is 0.400. The first-order valence-corrected chi connectivity index (χ1v) is 7.07. The van der Waals surface area contributed by atoms with Crippen LogP contribution in [-0.4, -0.2) is 32.2 Å². The zero-order valence-electron chi connectivity index (χ0n) is 12.1. The summed E-state index contributed by atoms with van der Waals surface area (Å²) >= 11 is 6.34. The molecule has 0 aliphatic heterocycles. The molecule has 108 valence electrons. The maximum atomic E-state index is 6.34. The van der Waals surface area contributed by atoms with Crippen LogP contribution in [0, 0.1) is 6.92 Å². The van der Waals surface area contributed by atoms with Crippen LogP contribution in [0.2, 0.25) is 5.02 Å². The third kappa shape index (κ3) is 3.14. The summed E-state index contributed by atoms with van der Waals surface area (Å²) in [5.74, 6) is 0.742. The number of halogens is 1. The molecule has 0 atom stereocenters. The van der Waals surface area contributed by atoms with E-state index in [1.54, 1.807) is 7.11 Å². The van der Waals surface area contributed by atoms with Crippen LogP contribution in [-0.2, 0) is 0 Å². The summed E-state index contributed by atoms with van der Waals surface area (Å²) in [7, 11) is 3.60. The van der Waals surface area contributed by atoms with Crippen LogP contribution in [0.15, 0.2) is 18.2 Å². The van der Waals surface area contributed by atoms with Crippen LogP contribution >= 0.6 is 11.6 Å². The van der Waals surface area contributed by atoms with Crippen molar-refractivity contribution in [2.24, 2.45) is 0 Å². The molecular formula is C15H20ClN3O. The maximum Gasteiger partial charge on any atom is 0.145 e. The lowest BCUT2D eigenvalue weighted by atomic mass is 10.1. The molecule has 2 aromatic rings. The molecule has 0 fully saturated rings. The van der Waals surface area contributed by atoms with Crippen molar-refractivity contribution < 1.29 is 4.74 Å². The molecule has 0 saturated carbocycles. The zero-order valence-corrected chi connectivity index (χ0v) is 12.8. The number of hydrogen-bond donors (Lipinski definition) is 2. The minimum atomic E-state index is 0.685. The summed E-state index contributed by atoms with van der Waals surface area (Å²) in [6, 6.07) is 5.72. The van der Waals surface area contributed by atoms with Gasteiger partial charge in [0, 0.05) is 23.3 Å². The van der Waals surface area contributed by atoms with E-state index < -0.39 is 0 Å². The average Bonchev–Trinajstić information content (AvgIpc) is 2.43. The summed E-state index contributed by atoms with van der Waals surface area (Å²) in [5.41, 5.74) is 2.75. The van der Waals surface area contributed by atoms with Crippen molar-refractivity contribution in [2.45, 2.75) is 13.3 Å². The van der Waals surface area contributed by atoms with Crippen molar-refractivity contribution >= 4 is 28.2 Å². The largest absolute Gasteiger partial charge is 0.494 e. The third-order valence-corrected chi connectivity index (χ3v) is 3.45. The standard InChI is InChI=1S/C15H20ClN3O/c1-10-9-12(18-8-4-7-17-2)14-11(16)5-6-13(20-3)15(14)19-10/h5-6,9,17H,4,7-8H2,1-3H3,(H,18,19). The number of pyridine rings is 1.